The smallest absolute Gasteiger partial charge is 0.0508 e. The van der Waals surface area contributed by atoms with Gasteiger partial charge < -0.3 is 10.6 Å². The largest absolute Gasteiger partial charge is 0.326 e. The van der Waals surface area contributed by atoms with E-state index in [0.717, 1.165) is 26.1 Å². The Kier molecular flexibility index (Phi) is 4.78. The van der Waals surface area contributed by atoms with Gasteiger partial charge in [-0.2, -0.15) is 11.3 Å². The van der Waals surface area contributed by atoms with Crippen LogP contribution in [0.1, 0.15) is 31.9 Å². The van der Waals surface area contributed by atoms with Crippen LogP contribution < -0.4 is 5.73 Å². The van der Waals surface area contributed by atoms with Crippen LogP contribution in [-0.4, -0.2) is 48.6 Å². The molecule has 1 fully saturated rings. The maximum absolute atomic E-state index is 6.37. The first-order chi connectivity index (χ1) is 8.63. The monoisotopic (exact) mass is 267 g/mol. The van der Waals surface area contributed by atoms with E-state index in [-0.39, 0.29) is 6.04 Å². The first-order valence-electron chi connectivity index (χ1n) is 6.85. The zero-order valence-electron chi connectivity index (χ0n) is 11.7. The molecule has 0 bridgehead atoms. The SMILES string of the molecule is CCC(N)C(c1ccsc1)N1CCN(C)C(C)C1. The quantitative estimate of drug-likeness (QED) is 0.907. The van der Waals surface area contributed by atoms with Gasteiger partial charge in [0.05, 0.1) is 6.04 Å². The van der Waals surface area contributed by atoms with Crippen LogP contribution in [0.5, 0.6) is 0 Å². The molecule has 102 valence electrons. The molecule has 1 saturated heterocycles. The van der Waals surface area contributed by atoms with Gasteiger partial charge in [0, 0.05) is 31.7 Å². The lowest BCUT2D eigenvalue weighted by Crippen LogP contribution is -2.53. The molecule has 4 heteroatoms. The molecule has 1 aliphatic rings. The summed E-state index contributed by atoms with van der Waals surface area (Å²) in [5.74, 6) is 0. The van der Waals surface area contributed by atoms with E-state index < -0.39 is 0 Å². The molecule has 3 nitrogen and oxygen atoms in total. The summed E-state index contributed by atoms with van der Waals surface area (Å²) in [4.78, 5) is 5.00. The molecule has 0 aromatic carbocycles. The molecule has 2 N–H and O–H groups in total. The van der Waals surface area contributed by atoms with Crippen LogP contribution in [0.25, 0.3) is 0 Å². The molecule has 0 radical (unpaired) electrons. The maximum Gasteiger partial charge on any atom is 0.0508 e. The van der Waals surface area contributed by atoms with Crippen LogP contribution >= 0.6 is 11.3 Å². The van der Waals surface area contributed by atoms with E-state index >= 15 is 0 Å². The highest BCUT2D eigenvalue weighted by atomic mass is 32.1. The normalized spacial score (nSPS) is 26.1. The minimum atomic E-state index is 0.232. The molecule has 1 aliphatic heterocycles. The first-order valence-corrected chi connectivity index (χ1v) is 7.79. The summed E-state index contributed by atoms with van der Waals surface area (Å²) in [6.07, 6.45) is 1.03. The Morgan fingerprint density at radius 2 is 2.28 bits per heavy atom. The molecule has 18 heavy (non-hydrogen) atoms. The molecule has 2 rings (SSSR count). The third-order valence-electron chi connectivity index (χ3n) is 4.15. The third kappa shape index (κ3) is 2.94. The Balaban J connectivity index is 2.14. The Hall–Kier alpha value is -0.420. The molecular weight excluding hydrogens is 242 g/mol. The molecule has 1 aromatic rings. The Bertz CT molecular complexity index is 352. The number of likely N-dealkylation sites (N-methyl/N-ethyl adjacent to an activating group) is 1. The van der Waals surface area contributed by atoms with Gasteiger partial charge in [0.1, 0.15) is 0 Å². The fraction of sp³-hybridized carbons (Fsp3) is 0.714. The van der Waals surface area contributed by atoms with Gasteiger partial charge in [-0.25, -0.2) is 0 Å². The molecule has 1 aromatic heterocycles. The van der Waals surface area contributed by atoms with Gasteiger partial charge in [0.25, 0.3) is 0 Å². The Labute approximate surface area is 115 Å². The second-order valence-electron chi connectivity index (χ2n) is 5.40. The number of nitrogens with zero attached hydrogens (tertiary/aromatic N) is 2. The zero-order valence-corrected chi connectivity index (χ0v) is 12.5. The summed E-state index contributed by atoms with van der Waals surface area (Å²) in [6, 6.07) is 3.46. The topological polar surface area (TPSA) is 32.5 Å². The highest BCUT2D eigenvalue weighted by Gasteiger charge is 2.30. The van der Waals surface area contributed by atoms with Crippen LogP contribution in [0, 0.1) is 0 Å². The fourth-order valence-electron chi connectivity index (χ4n) is 2.72. The van der Waals surface area contributed by atoms with Crippen molar-refractivity contribution in [1.82, 2.24) is 9.80 Å². The number of rotatable bonds is 4. The minimum absolute atomic E-state index is 0.232. The standard InChI is InChI=1S/C14H25N3S/c1-4-13(15)14(12-5-8-18-10-12)17-7-6-16(3)11(2)9-17/h5,8,10-11,13-14H,4,6-7,9,15H2,1-3H3. The Morgan fingerprint density at radius 3 is 2.83 bits per heavy atom. The van der Waals surface area contributed by atoms with E-state index in [9.17, 15) is 0 Å². The van der Waals surface area contributed by atoms with Crippen LogP contribution in [-0.2, 0) is 0 Å². The van der Waals surface area contributed by atoms with E-state index in [1.165, 1.54) is 5.56 Å². The second kappa shape index (κ2) is 6.15. The average Bonchev–Trinajstić information content (AvgIpc) is 2.87. The number of hydrogen-bond acceptors (Lipinski definition) is 4. The van der Waals surface area contributed by atoms with Gasteiger partial charge in [-0.3, -0.25) is 4.90 Å². The summed E-state index contributed by atoms with van der Waals surface area (Å²) in [5, 5.41) is 4.41. The predicted molar refractivity (Wildman–Crippen MR) is 79.0 cm³/mol. The molecule has 3 atom stereocenters. The minimum Gasteiger partial charge on any atom is -0.326 e. The van der Waals surface area contributed by atoms with Gasteiger partial charge in [-0.15, -0.1) is 0 Å². The molecule has 2 heterocycles. The lowest BCUT2D eigenvalue weighted by Gasteiger charge is -2.43. The average molecular weight is 267 g/mol. The molecular formula is C14H25N3S. The molecule has 0 spiro atoms. The lowest BCUT2D eigenvalue weighted by molar-refractivity contribution is 0.0613. The van der Waals surface area contributed by atoms with Gasteiger partial charge in [-0.05, 0) is 42.8 Å². The molecule has 3 unspecified atom stereocenters. The van der Waals surface area contributed by atoms with Gasteiger partial charge in [0.15, 0.2) is 0 Å². The summed E-state index contributed by atoms with van der Waals surface area (Å²) in [5.41, 5.74) is 7.76. The fourth-order valence-corrected chi connectivity index (χ4v) is 3.41. The van der Waals surface area contributed by atoms with Crippen molar-refractivity contribution < 1.29 is 0 Å². The van der Waals surface area contributed by atoms with Crippen molar-refractivity contribution in [2.24, 2.45) is 5.73 Å². The first kappa shape index (κ1) is 14.0. The van der Waals surface area contributed by atoms with Crippen molar-refractivity contribution >= 4 is 11.3 Å². The van der Waals surface area contributed by atoms with Gasteiger partial charge in [-0.1, -0.05) is 6.92 Å². The summed E-state index contributed by atoms with van der Waals surface area (Å²) in [7, 11) is 2.21. The van der Waals surface area contributed by atoms with Crippen LogP contribution in [0.3, 0.4) is 0 Å². The lowest BCUT2D eigenvalue weighted by atomic mass is 9.97. The van der Waals surface area contributed by atoms with Gasteiger partial charge >= 0.3 is 0 Å². The van der Waals surface area contributed by atoms with Crippen molar-refractivity contribution in [1.29, 1.82) is 0 Å². The molecule has 0 saturated carbocycles. The molecule has 0 aliphatic carbocycles. The summed E-state index contributed by atoms with van der Waals surface area (Å²) >= 11 is 1.77. The number of thiophene rings is 1. The summed E-state index contributed by atoms with van der Waals surface area (Å²) < 4.78 is 0. The number of nitrogens with two attached hydrogens (primary N) is 1. The van der Waals surface area contributed by atoms with Crippen molar-refractivity contribution in [2.45, 2.75) is 38.4 Å². The number of hydrogen-bond donors (Lipinski definition) is 1. The van der Waals surface area contributed by atoms with E-state index in [2.05, 4.69) is 47.5 Å². The zero-order chi connectivity index (χ0) is 13.1. The highest BCUT2D eigenvalue weighted by Crippen LogP contribution is 2.28. The van der Waals surface area contributed by atoms with Crippen molar-refractivity contribution in [2.75, 3.05) is 26.7 Å². The second-order valence-corrected chi connectivity index (χ2v) is 6.18. The Morgan fingerprint density at radius 1 is 1.50 bits per heavy atom. The third-order valence-corrected chi connectivity index (χ3v) is 4.85. The maximum atomic E-state index is 6.37. The van der Waals surface area contributed by atoms with Crippen LogP contribution in [0.15, 0.2) is 16.8 Å². The van der Waals surface area contributed by atoms with Gasteiger partial charge in [0.2, 0.25) is 0 Å². The molecule has 0 amide bonds. The van der Waals surface area contributed by atoms with E-state index in [4.69, 9.17) is 5.73 Å². The van der Waals surface area contributed by atoms with Crippen LogP contribution in [0.2, 0.25) is 0 Å². The van der Waals surface area contributed by atoms with Crippen molar-refractivity contribution in [3.05, 3.63) is 22.4 Å². The van der Waals surface area contributed by atoms with E-state index in [0.29, 0.717) is 12.1 Å². The van der Waals surface area contributed by atoms with Crippen LogP contribution in [0.4, 0.5) is 0 Å². The summed E-state index contributed by atoms with van der Waals surface area (Å²) in [6.45, 7) is 7.86. The van der Waals surface area contributed by atoms with E-state index in [1.807, 2.05) is 0 Å². The predicted octanol–water partition coefficient (Wildman–Crippen LogP) is 2.16. The van der Waals surface area contributed by atoms with E-state index in [1.54, 1.807) is 11.3 Å². The van der Waals surface area contributed by atoms with Crippen molar-refractivity contribution in [3.8, 4) is 0 Å². The highest BCUT2D eigenvalue weighted by molar-refractivity contribution is 7.07. The van der Waals surface area contributed by atoms with Crippen molar-refractivity contribution in [3.63, 3.8) is 0 Å². The number of piperazine rings is 1.